The number of hydrogen-bond donors (Lipinski definition) is 0. The van der Waals surface area contributed by atoms with Gasteiger partial charge in [-0.1, -0.05) is 6.58 Å². The predicted molar refractivity (Wildman–Crippen MR) is 55.2 cm³/mol. The summed E-state index contributed by atoms with van der Waals surface area (Å²) in [5.41, 5.74) is -0.431. The Kier molecular flexibility index (Phi) is 2.09. The minimum absolute atomic E-state index is 0.0282. The summed E-state index contributed by atoms with van der Waals surface area (Å²) in [6.45, 7) is 5.16. The standard InChI is InChI=1S/C12H13NO4/c1-6(2)11(14)15-9-7-3-8-10(9)16-17-12(8,4-7)5-13/h7-10H,1,3-4H2,2H3. The normalized spacial score (nSPS) is 45.6. The second-order valence-corrected chi connectivity index (χ2v) is 5.10. The first-order chi connectivity index (χ1) is 8.07. The van der Waals surface area contributed by atoms with Crippen molar-refractivity contribution in [1.82, 2.24) is 0 Å². The average Bonchev–Trinajstić information content (AvgIpc) is 2.87. The lowest BCUT2D eigenvalue weighted by Gasteiger charge is -2.27. The van der Waals surface area contributed by atoms with Gasteiger partial charge in [0.25, 0.3) is 0 Å². The lowest BCUT2D eigenvalue weighted by Crippen LogP contribution is -2.42. The van der Waals surface area contributed by atoms with Gasteiger partial charge in [-0.25, -0.2) is 14.6 Å². The number of fused-ring (bicyclic) bond motifs is 1. The fourth-order valence-corrected chi connectivity index (χ4v) is 3.18. The molecular formula is C12H13NO4. The van der Waals surface area contributed by atoms with E-state index in [0.29, 0.717) is 12.0 Å². The number of carbonyl (C=O) groups excluding carboxylic acids is 1. The van der Waals surface area contributed by atoms with E-state index in [1.807, 2.05) is 0 Å². The number of carbonyl (C=O) groups is 1. The van der Waals surface area contributed by atoms with Crippen LogP contribution in [0.2, 0.25) is 0 Å². The molecule has 3 fully saturated rings. The fraction of sp³-hybridized carbons (Fsp3) is 0.667. The summed E-state index contributed by atoms with van der Waals surface area (Å²) in [5, 5.41) is 9.14. The number of nitriles is 1. The monoisotopic (exact) mass is 235 g/mol. The molecule has 17 heavy (non-hydrogen) atoms. The molecule has 2 aliphatic carbocycles. The van der Waals surface area contributed by atoms with E-state index in [9.17, 15) is 4.79 Å². The summed E-state index contributed by atoms with van der Waals surface area (Å²) in [6, 6.07) is 2.19. The third-order valence-corrected chi connectivity index (χ3v) is 3.99. The van der Waals surface area contributed by atoms with E-state index in [1.54, 1.807) is 6.92 Å². The molecule has 5 atom stereocenters. The highest BCUT2D eigenvalue weighted by Gasteiger charge is 2.69. The van der Waals surface area contributed by atoms with Crippen LogP contribution >= 0.6 is 0 Å². The van der Waals surface area contributed by atoms with Gasteiger partial charge in [-0.2, -0.15) is 5.26 Å². The van der Waals surface area contributed by atoms with Gasteiger partial charge in [-0.3, -0.25) is 0 Å². The smallest absolute Gasteiger partial charge is 0.333 e. The Morgan fingerprint density at radius 1 is 1.65 bits per heavy atom. The second kappa shape index (κ2) is 3.31. The molecule has 0 amide bonds. The van der Waals surface area contributed by atoms with Gasteiger partial charge in [0.2, 0.25) is 0 Å². The van der Waals surface area contributed by atoms with Crippen molar-refractivity contribution in [3.8, 4) is 6.07 Å². The Balaban J connectivity index is 1.79. The van der Waals surface area contributed by atoms with E-state index in [-0.39, 0.29) is 24.0 Å². The van der Waals surface area contributed by atoms with E-state index in [4.69, 9.17) is 19.8 Å². The molecule has 5 heteroatoms. The molecule has 0 aromatic carbocycles. The lowest BCUT2D eigenvalue weighted by atomic mass is 9.83. The van der Waals surface area contributed by atoms with Crippen molar-refractivity contribution in [2.24, 2.45) is 11.8 Å². The quantitative estimate of drug-likeness (QED) is 0.407. The minimum Gasteiger partial charge on any atom is -0.456 e. The molecule has 2 saturated carbocycles. The number of nitrogens with zero attached hydrogens (tertiary/aromatic N) is 1. The summed E-state index contributed by atoms with van der Waals surface area (Å²) >= 11 is 0. The third kappa shape index (κ3) is 1.28. The topological polar surface area (TPSA) is 68.6 Å². The highest BCUT2D eigenvalue weighted by atomic mass is 17.2. The third-order valence-electron chi connectivity index (χ3n) is 3.99. The van der Waals surface area contributed by atoms with Crippen LogP contribution in [0.1, 0.15) is 19.8 Å². The van der Waals surface area contributed by atoms with Crippen molar-refractivity contribution >= 4 is 5.97 Å². The maximum absolute atomic E-state index is 11.5. The van der Waals surface area contributed by atoms with E-state index >= 15 is 0 Å². The van der Waals surface area contributed by atoms with Gasteiger partial charge < -0.3 is 4.74 Å². The Hall–Kier alpha value is -1.38. The fourth-order valence-electron chi connectivity index (χ4n) is 3.18. The number of ether oxygens (including phenoxy) is 1. The van der Waals surface area contributed by atoms with Gasteiger partial charge in [0.05, 0.1) is 0 Å². The van der Waals surface area contributed by atoms with E-state index in [0.717, 1.165) is 6.42 Å². The van der Waals surface area contributed by atoms with Gasteiger partial charge in [-0.15, -0.1) is 0 Å². The molecule has 1 heterocycles. The number of hydrogen-bond acceptors (Lipinski definition) is 5. The summed E-state index contributed by atoms with van der Waals surface area (Å²) < 4.78 is 5.37. The molecule has 0 radical (unpaired) electrons. The van der Waals surface area contributed by atoms with Gasteiger partial charge in [0.15, 0.2) is 5.60 Å². The molecule has 2 bridgehead atoms. The minimum atomic E-state index is -0.804. The van der Waals surface area contributed by atoms with E-state index in [2.05, 4.69) is 12.6 Å². The van der Waals surface area contributed by atoms with Crippen LogP contribution < -0.4 is 0 Å². The number of rotatable bonds is 2. The van der Waals surface area contributed by atoms with Gasteiger partial charge in [0.1, 0.15) is 18.3 Å². The van der Waals surface area contributed by atoms with Crippen molar-refractivity contribution in [2.45, 2.75) is 37.6 Å². The van der Waals surface area contributed by atoms with Crippen LogP contribution in [0.5, 0.6) is 0 Å². The Morgan fingerprint density at radius 2 is 2.41 bits per heavy atom. The zero-order chi connectivity index (χ0) is 12.2. The van der Waals surface area contributed by atoms with Crippen LogP contribution in [0.15, 0.2) is 12.2 Å². The SMILES string of the molecule is C=C(C)C(=O)OC1C2CC3C1OOC3(C#N)C2. The first kappa shape index (κ1) is 10.8. The predicted octanol–water partition coefficient (Wildman–Crippen LogP) is 1.11. The summed E-state index contributed by atoms with van der Waals surface area (Å²) in [4.78, 5) is 21.9. The Labute approximate surface area is 98.9 Å². The van der Waals surface area contributed by atoms with Crippen LogP contribution in [0.25, 0.3) is 0 Å². The highest BCUT2D eigenvalue weighted by molar-refractivity contribution is 5.87. The van der Waals surface area contributed by atoms with Crippen LogP contribution in [0.3, 0.4) is 0 Å². The van der Waals surface area contributed by atoms with Gasteiger partial charge >= 0.3 is 5.97 Å². The summed E-state index contributed by atoms with van der Waals surface area (Å²) in [5.74, 6) is -0.212. The average molecular weight is 235 g/mol. The first-order valence-corrected chi connectivity index (χ1v) is 5.69. The second-order valence-electron chi connectivity index (χ2n) is 5.10. The van der Waals surface area contributed by atoms with Crippen molar-refractivity contribution in [3.05, 3.63) is 12.2 Å². The van der Waals surface area contributed by atoms with E-state index < -0.39 is 11.6 Å². The maximum Gasteiger partial charge on any atom is 0.333 e. The summed E-state index contributed by atoms with van der Waals surface area (Å²) in [7, 11) is 0. The molecule has 90 valence electrons. The first-order valence-electron chi connectivity index (χ1n) is 5.69. The molecule has 0 spiro atoms. The molecule has 0 N–H and O–H groups in total. The largest absolute Gasteiger partial charge is 0.456 e. The summed E-state index contributed by atoms with van der Waals surface area (Å²) in [6.07, 6.45) is 0.815. The van der Waals surface area contributed by atoms with Gasteiger partial charge in [0, 0.05) is 17.4 Å². The van der Waals surface area contributed by atoms with Crippen LogP contribution in [0, 0.1) is 23.2 Å². The molecule has 3 aliphatic rings. The van der Waals surface area contributed by atoms with E-state index in [1.165, 1.54) is 0 Å². The zero-order valence-electron chi connectivity index (χ0n) is 9.51. The molecule has 5 nitrogen and oxygen atoms in total. The van der Waals surface area contributed by atoms with Crippen LogP contribution in [0.4, 0.5) is 0 Å². The van der Waals surface area contributed by atoms with Crippen molar-refractivity contribution in [3.63, 3.8) is 0 Å². The zero-order valence-corrected chi connectivity index (χ0v) is 9.51. The Morgan fingerprint density at radius 3 is 3.06 bits per heavy atom. The molecule has 0 aromatic rings. The molecule has 3 rings (SSSR count). The molecule has 5 unspecified atom stereocenters. The van der Waals surface area contributed by atoms with Crippen molar-refractivity contribution < 1.29 is 19.3 Å². The van der Waals surface area contributed by atoms with Gasteiger partial charge in [-0.05, 0) is 19.8 Å². The van der Waals surface area contributed by atoms with Crippen molar-refractivity contribution in [2.75, 3.05) is 0 Å². The highest BCUT2D eigenvalue weighted by Crippen LogP contribution is 2.58. The Bertz CT molecular complexity index is 440. The molecule has 1 saturated heterocycles. The number of esters is 1. The van der Waals surface area contributed by atoms with Crippen LogP contribution in [-0.2, 0) is 19.3 Å². The maximum atomic E-state index is 11.5. The molecule has 0 aromatic heterocycles. The lowest BCUT2D eigenvalue weighted by molar-refractivity contribution is -0.314. The van der Waals surface area contributed by atoms with Crippen molar-refractivity contribution in [1.29, 1.82) is 5.26 Å². The van der Waals surface area contributed by atoms with Crippen LogP contribution in [-0.4, -0.2) is 23.8 Å². The molecular weight excluding hydrogens is 222 g/mol. The molecule has 1 aliphatic heterocycles.